The van der Waals surface area contributed by atoms with Crippen LogP contribution in [0.4, 0.5) is 8.22 Å². The van der Waals surface area contributed by atoms with Crippen molar-refractivity contribution in [3.8, 4) is 0 Å². The summed E-state index contributed by atoms with van der Waals surface area (Å²) >= 11 is 0. The molecule has 0 bridgehead atoms. The zero-order valence-corrected chi connectivity index (χ0v) is 7.65. The standard InChI is InChI=1S/C8H14F2Si/c9-11(10,7-3-1-4-7)8-5-2-6-8/h7-8H,1-6H2. The van der Waals surface area contributed by atoms with Crippen LogP contribution in [0.1, 0.15) is 38.5 Å². The highest BCUT2D eigenvalue weighted by atomic mass is 28.4. The van der Waals surface area contributed by atoms with Crippen LogP contribution in [0.25, 0.3) is 0 Å². The van der Waals surface area contributed by atoms with Gasteiger partial charge in [0.2, 0.25) is 0 Å². The molecule has 2 aliphatic rings. The van der Waals surface area contributed by atoms with Crippen molar-refractivity contribution in [2.24, 2.45) is 0 Å². The maximum atomic E-state index is 13.5. The highest BCUT2D eigenvalue weighted by Gasteiger charge is 2.55. The van der Waals surface area contributed by atoms with Gasteiger partial charge in [-0.3, -0.25) is 8.22 Å². The summed E-state index contributed by atoms with van der Waals surface area (Å²) < 4.78 is 26.9. The molecule has 3 heteroatoms. The molecule has 0 saturated heterocycles. The van der Waals surface area contributed by atoms with Crippen LogP contribution in [-0.4, -0.2) is 8.74 Å². The molecule has 2 saturated carbocycles. The largest absolute Gasteiger partial charge is 0.430 e. The Balaban J connectivity index is 1.95. The van der Waals surface area contributed by atoms with E-state index in [9.17, 15) is 8.22 Å². The van der Waals surface area contributed by atoms with Crippen molar-refractivity contribution >= 4 is 8.74 Å². The van der Waals surface area contributed by atoms with Gasteiger partial charge in [0.25, 0.3) is 0 Å². The SMILES string of the molecule is F[Si](F)(C1CCC1)C1CCC1. The lowest BCUT2D eigenvalue weighted by atomic mass is 9.98. The van der Waals surface area contributed by atoms with Crippen LogP contribution in [-0.2, 0) is 0 Å². The summed E-state index contributed by atoms with van der Waals surface area (Å²) in [7, 11) is -3.74. The molecule has 0 aromatic heterocycles. The predicted molar refractivity (Wildman–Crippen MR) is 43.2 cm³/mol. The van der Waals surface area contributed by atoms with Crippen LogP contribution in [0.15, 0.2) is 0 Å². The van der Waals surface area contributed by atoms with Crippen LogP contribution < -0.4 is 0 Å². The van der Waals surface area contributed by atoms with Crippen molar-refractivity contribution in [1.29, 1.82) is 0 Å². The van der Waals surface area contributed by atoms with E-state index in [0.717, 1.165) is 38.5 Å². The fourth-order valence-electron chi connectivity index (χ4n) is 1.92. The molecule has 0 radical (unpaired) electrons. The van der Waals surface area contributed by atoms with E-state index < -0.39 is 8.74 Å². The zero-order chi connectivity index (χ0) is 7.90. The van der Waals surface area contributed by atoms with E-state index in [2.05, 4.69) is 0 Å². The van der Waals surface area contributed by atoms with E-state index in [0.29, 0.717) is 0 Å². The van der Waals surface area contributed by atoms with Crippen molar-refractivity contribution in [3.05, 3.63) is 0 Å². The van der Waals surface area contributed by atoms with Crippen molar-refractivity contribution in [1.82, 2.24) is 0 Å². The molecule has 0 spiro atoms. The molecule has 2 fully saturated rings. The van der Waals surface area contributed by atoms with E-state index >= 15 is 0 Å². The predicted octanol–water partition coefficient (Wildman–Crippen LogP) is 3.48. The first kappa shape index (κ1) is 7.71. The molecule has 0 aliphatic heterocycles. The second-order valence-corrected chi connectivity index (χ2v) is 6.91. The van der Waals surface area contributed by atoms with Crippen molar-refractivity contribution in [3.63, 3.8) is 0 Å². The maximum Gasteiger partial charge on any atom is 0.430 e. The molecule has 0 amide bonds. The molecular weight excluding hydrogens is 162 g/mol. The Bertz CT molecular complexity index is 134. The Kier molecular flexibility index (Phi) is 1.78. The fourth-order valence-corrected chi connectivity index (χ4v) is 4.94. The number of rotatable bonds is 2. The third kappa shape index (κ3) is 1.13. The van der Waals surface area contributed by atoms with E-state index in [1.165, 1.54) is 0 Å². The quantitative estimate of drug-likeness (QED) is 0.446. The Labute approximate surface area is 67.3 Å². The van der Waals surface area contributed by atoms with Crippen molar-refractivity contribution in [2.75, 3.05) is 0 Å². The fraction of sp³-hybridized carbons (Fsp3) is 1.00. The van der Waals surface area contributed by atoms with Gasteiger partial charge in [0.15, 0.2) is 0 Å². The minimum Gasteiger partial charge on any atom is -0.270 e. The average Bonchev–Trinajstić information content (AvgIpc) is 1.46. The lowest BCUT2D eigenvalue weighted by Crippen LogP contribution is -2.41. The molecule has 0 heterocycles. The van der Waals surface area contributed by atoms with Crippen LogP contribution in [0.3, 0.4) is 0 Å². The number of hydrogen-bond acceptors (Lipinski definition) is 0. The first-order chi connectivity index (χ1) is 5.21. The van der Waals surface area contributed by atoms with E-state index in [1.807, 2.05) is 0 Å². The lowest BCUT2D eigenvalue weighted by molar-refractivity contribution is 0.348. The van der Waals surface area contributed by atoms with Crippen LogP contribution >= 0.6 is 0 Å². The topological polar surface area (TPSA) is 0 Å². The highest BCUT2D eigenvalue weighted by Crippen LogP contribution is 2.54. The minimum atomic E-state index is -3.74. The summed E-state index contributed by atoms with van der Waals surface area (Å²) in [5.74, 6) is 0. The second-order valence-electron chi connectivity index (χ2n) is 3.93. The minimum absolute atomic E-state index is 0.118. The highest BCUT2D eigenvalue weighted by molar-refractivity contribution is 6.69. The zero-order valence-electron chi connectivity index (χ0n) is 6.65. The van der Waals surface area contributed by atoms with E-state index in [-0.39, 0.29) is 11.1 Å². The number of halogens is 2. The first-order valence-corrected chi connectivity index (χ1v) is 6.50. The summed E-state index contributed by atoms with van der Waals surface area (Å²) in [6.07, 6.45) is 5.43. The third-order valence-electron chi connectivity index (χ3n) is 3.30. The van der Waals surface area contributed by atoms with Gasteiger partial charge in [-0.05, 0) is 25.7 Å². The molecule has 0 nitrogen and oxygen atoms in total. The van der Waals surface area contributed by atoms with Gasteiger partial charge in [0.05, 0.1) is 0 Å². The van der Waals surface area contributed by atoms with Gasteiger partial charge in [-0.15, -0.1) is 0 Å². The molecule has 64 valence electrons. The summed E-state index contributed by atoms with van der Waals surface area (Å²) in [4.78, 5) is 0. The summed E-state index contributed by atoms with van der Waals surface area (Å²) in [5.41, 5.74) is -0.236. The van der Waals surface area contributed by atoms with Crippen molar-refractivity contribution in [2.45, 2.75) is 49.6 Å². The van der Waals surface area contributed by atoms with Crippen LogP contribution in [0.5, 0.6) is 0 Å². The van der Waals surface area contributed by atoms with Crippen molar-refractivity contribution < 1.29 is 8.22 Å². The molecule has 2 rings (SSSR count). The smallest absolute Gasteiger partial charge is 0.270 e. The third-order valence-corrected chi connectivity index (χ3v) is 6.63. The van der Waals surface area contributed by atoms with E-state index in [1.54, 1.807) is 0 Å². The Morgan fingerprint density at radius 2 is 1.18 bits per heavy atom. The van der Waals surface area contributed by atoms with Gasteiger partial charge in [0, 0.05) is 11.1 Å². The molecule has 0 unspecified atom stereocenters. The monoisotopic (exact) mass is 176 g/mol. The Hall–Kier alpha value is 0.0769. The summed E-state index contributed by atoms with van der Waals surface area (Å²) in [6, 6.07) is 0. The summed E-state index contributed by atoms with van der Waals surface area (Å²) in [5, 5.41) is 0. The van der Waals surface area contributed by atoms with Crippen LogP contribution in [0.2, 0.25) is 11.1 Å². The molecule has 0 atom stereocenters. The Morgan fingerprint density at radius 1 is 0.818 bits per heavy atom. The lowest BCUT2D eigenvalue weighted by Gasteiger charge is -2.39. The first-order valence-electron chi connectivity index (χ1n) is 4.59. The second kappa shape index (κ2) is 2.54. The molecule has 11 heavy (non-hydrogen) atoms. The molecule has 0 aromatic rings. The molecular formula is C8H14F2Si. The maximum absolute atomic E-state index is 13.5. The normalized spacial score (nSPS) is 27.8. The average molecular weight is 176 g/mol. The molecule has 2 aliphatic carbocycles. The molecule has 0 aromatic carbocycles. The van der Waals surface area contributed by atoms with E-state index in [4.69, 9.17) is 0 Å². The van der Waals surface area contributed by atoms with Gasteiger partial charge < -0.3 is 0 Å². The summed E-state index contributed by atoms with van der Waals surface area (Å²) in [6.45, 7) is 0. The Morgan fingerprint density at radius 3 is 1.36 bits per heavy atom. The van der Waals surface area contributed by atoms with Gasteiger partial charge in [0.1, 0.15) is 0 Å². The van der Waals surface area contributed by atoms with Gasteiger partial charge in [-0.2, -0.15) is 0 Å². The van der Waals surface area contributed by atoms with Crippen LogP contribution in [0, 0.1) is 0 Å². The van der Waals surface area contributed by atoms with Gasteiger partial charge in [-0.25, -0.2) is 0 Å². The van der Waals surface area contributed by atoms with Gasteiger partial charge >= 0.3 is 8.74 Å². The molecule has 0 N–H and O–H groups in total. The number of hydrogen-bond donors (Lipinski definition) is 0. The van der Waals surface area contributed by atoms with Gasteiger partial charge in [-0.1, -0.05) is 12.8 Å².